The van der Waals surface area contributed by atoms with E-state index in [0.29, 0.717) is 5.69 Å². The lowest BCUT2D eigenvalue weighted by molar-refractivity contribution is 0.0691. The number of nitrogens with one attached hydrogen (secondary N) is 1. The van der Waals surface area contributed by atoms with Crippen LogP contribution in [-0.2, 0) is 0 Å². The number of rotatable bonds is 3. The van der Waals surface area contributed by atoms with E-state index in [0.717, 1.165) is 0 Å². The van der Waals surface area contributed by atoms with Gasteiger partial charge in [0.2, 0.25) is 0 Å². The number of nitrogens with zero attached hydrogens (tertiary/aromatic N) is 3. The monoisotopic (exact) mass is 244 g/mol. The van der Waals surface area contributed by atoms with Gasteiger partial charge in [0.1, 0.15) is 12.0 Å². The number of pyridine rings is 1. The lowest BCUT2D eigenvalue weighted by atomic mass is 10.2. The van der Waals surface area contributed by atoms with Crippen LogP contribution in [0.4, 0.5) is 5.69 Å². The molecule has 7 heteroatoms. The highest BCUT2D eigenvalue weighted by Crippen LogP contribution is 2.09. The van der Waals surface area contributed by atoms with Crippen LogP contribution in [0.1, 0.15) is 20.8 Å². The summed E-state index contributed by atoms with van der Waals surface area (Å²) in [6.45, 7) is 0. The molecule has 0 saturated carbocycles. The second-order valence-electron chi connectivity index (χ2n) is 3.29. The molecule has 0 aromatic carbocycles. The number of aromatic carboxylic acids is 1. The van der Waals surface area contributed by atoms with Gasteiger partial charge in [0, 0.05) is 6.20 Å². The van der Waals surface area contributed by atoms with E-state index in [4.69, 9.17) is 5.11 Å². The molecule has 0 radical (unpaired) electrons. The zero-order valence-corrected chi connectivity index (χ0v) is 9.07. The van der Waals surface area contributed by atoms with E-state index in [1.54, 1.807) is 0 Å². The fraction of sp³-hybridized carbons (Fsp3) is 0. The first-order valence-electron chi connectivity index (χ1n) is 4.93. The van der Waals surface area contributed by atoms with Gasteiger partial charge in [-0.3, -0.25) is 9.78 Å². The van der Waals surface area contributed by atoms with Gasteiger partial charge in [-0.15, -0.1) is 0 Å². The van der Waals surface area contributed by atoms with Gasteiger partial charge in [0.05, 0.1) is 23.6 Å². The fourth-order valence-electron chi connectivity index (χ4n) is 1.31. The summed E-state index contributed by atoms with van der Waals surface area (Å²) in [7, 11) is 0. The highest BCUT2D eigenvalue weighted by atomic mass is 16.4. The van der Waals surface area contributed by atoms with Crippen molar-refractivity contribution in [1.82, 2.24) is 15.0 Å². The maximum Gasteiger partial charge on any atom is 0.338 e. The molecular formula is C11H8N4O3. The number of anilines is 1. The van der Waals surface area contributed by atoms with E-state index < -0.39 is 11.9 Å². The minimum atomic E-state index is -1.21. The Kier molecular flexibility index (Phi) is 3.24. The average Bonchev–Trinajstić information content (AvgIpc) is 2.40. The predicted octanol–water partition coefficient (Wildman–Crippen LogP) is 0.822. The van der Waals surface area contributed by atoms with Gasteiger partial charge in [-0.25, -0.2) is 14.8 Å². The van der Waals surface area contributed by atoms with E-state index in [1.165, 1.54) is 37.1 Å². The van der Waals surface area contributed by atoms with E-state index in [1.807, 2.05) is 0 Å². The van der Waals surface area contributed by atoms with Gasteiger partial charge in [-0.2, -0.15) is 0 Å². The summed E-state index contributed by atoms with van der Waals surface area (Å²) in [5.41, 5.74) is 0.0465. The van der Waals surface area contributed by atoms with Gasteiger partial charge >= 0.3 is 5.97 Å². The smallest absolute Gasteiger partial charge is 0.338 e. The summed E-state index contributed by atoms with van der Waals surface area (Å²) < 4.78 is 0. The van der Waals surface area contributed by atoms with Gasteiger partial charge < -0.3 is 10.4 Å². The summed E-state index contributed by atoms with van der Waals surface area (Å²) >= 11 is 0. The average molecular weight is 244 g/mol. The number of carboxylic acids is 1. The molecule has 0 aliphatic rings. The second kappa shape index (κ2) is 5.00. The van der Waals surface area contributed by atoms with Gasteiger partial charge in [-0.05, 0) is 12.1 Å². The molecular weight excluding hydrogens is 236 g/mol. The first kappa shape index (κ1) is 11.6. The van der Waals surface area contributed by atoms with Crippen LogP contribution >= 0.6 is 0 Å². The summed E-state index contributed by atoms with van der Waals surface area (Å²) in [5.74, 6) is -1.83. The second-order valence-corrected chi connectivity index (χ2v) is 3.29. The van der Waals surface area contributed by atoms with Crippen molar-refractivity contribution in [3.05, 3.63) is 48.3 Å². The van der Waals surface area contributed by atoms with Crippen molar-refractivity contribution in [2.45, 2.75) is 0 Å². The van der Waals surface area contributed by atoms with Crippen LogP contribution in [0.3, 0.4) is 0 Å². The number of carbonyl (C=O) groups excluding carboxylic acids is 1. The molecule has 0 aliphatic heterocycles. The van der Waals surface area contributed by atoms with Crippen molar-refractivity contribution >= 4 is 17.6 Å². The third-order valence-corrected chi connectivity index (χ3v) is 2.07. The number of aromatic nitrogens is 3. The standard InChI is InChI=1S/C11H8N4O3/c16-10(15-7-4-12-6-13-5-7)9-8(11(17)18)2-1-3-14-9/h1-6H,(H,15,16)(H,17,18). The van der Waals surface area contributed by atoms with Crippen molar-refractivity contribution in [3.8, 4) is 0 Å². The molecule has 1 amide bonds. The largest absolute Gasteiger partial charge is 0.478 e. The van der Waals surface area contributed by atoms with E-state index in [9.17, 15) is 9.59 Å². The van der Waals surface area contributed by atoms with E-state index in [-0.39, 0.29) is 11.3 Å². The number of carbonyl (C=O) groups is 2. The first-order chi connectivity index (χ1) is 8.68. The molecule has 0 fully saturated rings. The Balaban J connectivity index is 2.27. The normalized spacial score (nSPS) is 9.78. The molecule has 7 nitrogen and oxygen atoms in total. The van der Waals surface area contributed by atoms with E-state index >= 15 is 0 Å². The third-order valence-electron chi connectivity index (χ3n) is 2.07. The number of hydrogen-bond donors (Lipinski definition) is 2. The number of amides is 1. The minimum absolute atomic E-state index is 0.158. The number of hydrogen-bond acceptors (Lipinski definition) is 5. The molecule has 0 unspecified atom stereocenters. The molecule has 0 saturated heterocycles. The van der Waals surface area contributed by atoms with Crippen LogP contribution in [0.5, 0.6) is 0 Å². The molecule has 0 atom stereocenters. The van der Waals surface area contributed by atoms with Crippen molar-refractivity contribution in [2.75, 3.05) is 5.32 Å². The lowest BCUT2D eigenvalue weighted by Crippen LogP contribution is -2.18. The van der Waals surface area contributed by atoms with Crippen LogP contribution in [0.25, 0.3) is 0 Å². The third kappa shape index (κ3) is 2.46. The van der Waals surface area contributed by atoms with Gasteiger partial charge in [-0.1, -0.05) is 0 Å². The first-order valence-corrected chi connectivity index (χ1v) is 4.93. The zero-order valence-electron chi connectivity index (χ0n) is 9.07. The van der Waals surface area contributed by atoms with Crippen molar-refractivity contribution in [2.24, 2.45) is 0 Å². The maximum absolute atomic E-state index is 11.8. The van der Waals surface area contributed by atoms with Crippen molar-refractivity contribution in [1.29, 1.82) is 0 Å². The Morgan fingerprint density at radius 1 is 1.22 bits per heavy atom. The fourth-order valence-corrected chi connectivity index (χ4v) is 1.31. The summed E-state index contributed by atoms with van der Waals surface area (Å²) in [6.07, 6.45) is 5.46. The topological polar surface area (TPSA) is 105 Å². The molecule has 18 heavy (non-hydrogen) atoms. The van der Waals surface area contributed by atoms with E-state index in [2.05, 4.69) is 20.3 Å². The highest BCUT2D eigenvalue weighted by molar-refractivity contribution is 6.09. The highest BCUT2D eigenvalue weighted by Gasteiger charge is 2.17. The SMILES string of the molecule is O=C(O)c1cccnc1C(=O)Nc1cncnc1. The Hall–Kier alpha value is -2.83. The van der Waals surface area contributed by atoms with Crippen LogP contribution in [0.2, 0.25) is 0 Å². The van der Waals surface area contributed by atoms with Gasteiger partial charge in [0.25, 0.3) is 5.91 Å². The predicted molar refractivity (Wildman–Crippen MR) is 61.2 cm³/mol. The minimum Gasteiger partial charge on any atom is -0.478 e. The molecule has 0 aliphatic carbocycles. The Morgan fingerprint density at radius 2 is 1.94 bits per heavy atom. The Labute approximate surface area is 102 Å². The molecule has 2 N–H and O–H groups in total. The summed E-state index contributed by atoms with van der Waals surface area (Å²) in [6, 6.07) is 2.76. The van der Waals surface area contributed by atoms with Gasteiger partial charge in [0.15, 0.2) is 0 Å². The zero-order chi connectivity index (χ0) is 13.0. The van der Waals surface area contributed by atoms with Crippen molar-refractivity contribution in [3.63, 3.8) is 0 Å². The lowest BCUT2D eigenvalue weighted by Gasteiger charge is -2.05. The van der Waals surface area contributed by atoms with Crippen LogP contribution in [0, 0.1) is 0 Å². The quantitative estimate of drug-likeness (QED) is 0.828. The molecule has 2 aromatic heterocycles. The molecule has 2 aromatic rings. The molecule has 0 spiro atoms. The van der Waals surface area contributed by atoms with Crippen LogP contribution < -0.4 is 5.32 Å². The molecule has 0 bridgehead atoms. The Morgan fingerprint density at radius 3 is 2.61 bits per heavy atom. The van der Waals surface area contributed by atoms with Crippen molar-refractivity contribution < 1.29 is 14.7 Å². The maximum atomic E-state index is 11.8. The van der Waals surface area contributed by atoms with Crippen LogP contribution in [-0.4, -0.2) is 31.9 Å². The molecule has 2 rings (SSSR count). The summed E-state index contributed by atoms with van der Waals surface area (Å²) in [4.78, 5) is 34.0. The Bertz CT molecular complexity index is 586. The summed E-state index contributed by atoms with van der Waals surface area (Å²) in [5, 5.41) is 11.4. The molecule has 90 valence electrons. The van der Waals surface area contributed by atoms with Crippen LogP contribution in [0.15, 0.2) is 37.1 Å². The molecule has 2 heterocycles. The number of carboxylic acid groups (broad SMARTS) is 1.